The number of carbonyl (C=O) groups excluding carboxylic acids is 1. The molecule has 3 nitrogen and oxygen atoms in total. The molecule has 1 amide bonds. The van der Waals surface area contributed by atoms with Crippen molar-refractivity contribution in [3.8, 4) is 0 Å². The second-order valence-corrected chi connectivity index (χ2v) is 2.79. The van der Waals surface area contributed by atoms with Crippen LogP contribution in [0.4, 0.5) is 0 Å². The summed E-state index contributed by atoms with van der Waals surface area (Å²) in [6.45, 7) is 2.92. The van der Waals surface area contributed by atoms with Gasteiger partial charge in [-0.25, -0.2) is 0 Å². The molecule has 0 unspecified atom stereocenters. The molecule has 0 aliphatic carbocycles. The van der Waals surface area contributed by atoms with Crippen molar-refractivity contribution in [2.24, 2.45) is 0 Å². The van der Waals surface area contributed by atoms with Crippen LogP contribution in [0.3, 0.4) is 0 Å². The fourth-order valence-corrected chi connectivity index (χ4v) is 1.64. The number of piperazine rings is 1. The number of amides is 1. The lowest BCUT2D eigenvalue weighted by atomic mass is 10.2. The van der Waals surface area contributed by atoms with Crippen molar-refractivity contribution in [2.45, 2.75) is 12.8 Å². The summed E-state index contributed by atoms with van der Waals surface area (Å²) in [5.41, 5.74) is 0. The molecule has 2 rings (SSSR count). The van der Waals surface area contributed by atoms with E-state index in [1.807, 2.05) is 0 Å². The van der Waals surface area contributed by atoms with Crippen LogP contribution in [0.1, 0.15) is 12.8 Å². The number of hydrogen-bond donors (Lipinski definition) is 1. The molecule has 2 aliphatic heterocycles. The van der Waals surface area contributed by atoms with Crippen LogP contribution in [-0.4, -0.2) is 30.4 Å². The maximum atomic E-state index is 11.1. The smallest absolute Gasteiger partial charge is 0.243 e. The molecule has 0 atom stereocenters. The maximum Gasteiger partial charge on any atom is 0.243 e. The summed E-state index contributed by atoms with van der Waals surface area (Å²) >= 11 is 0. The van der Waals surface area contributed by atoms with Gasteiger partial charge in [0.05, 0.1) is 0 Å². The Bertz CT molecular complexity index is 158. The molecule has 1 N–H and O–H groups in total. The quantitative estimate of drug-likeness (QED) is 0.501. The van der Waals surface area contributed by atoms with Gasteiger partial charge in [0.15, 0.2) is 0 Å². The summed E-state index contributed by atoms with van der Waals surface area (Å²) in [4.78, 5) is 13.3. The van der Waals surface area contributed by atoms with Gasteiger partial charge in [-0.2, -0.15) is 0 Å². The Kier molecular flexibility index (Phi) is 1.38. The largest absolute Gasteiger partial charge is 0.353 e. The number of carbonyl (C=O) groups is 1. The van der Waals surface area contributed by atoms with E-state index in [0.717, 1.165) is 38.5 Å². The van der Waals surface area contributed by atoms with Gasteiger partial charge in [0.1, 0.15) is 6.04 Å². The van der Waals surface area contributed by atoms with E-state index in [-0.39, 0.29) is 5.91 Å². The van der Waals surface area contributed by atoms with Crippen LogP contribution in [0, 0.1) is 6.04 Å². The van der Waals surface area contributed by atoms with Crippen molar-refractivity contribution >= 4 is 5.91 Å². The van der Waals surface area contributed by atoms with Crippen molar-refractivity contribution in [3.05, 3.63) is 6.04 Å². The van der Waals surface area contributed by atoms with Crippen LogP contribution in [0.2, 0.25) is 0 Å². The number of hydrogen-bond acceptors (Lipinski definition) is 2. The Morgan fingerprint density at radius 3 is 3.10 bits per heavy atom. The summed E-state index contributed by atoms with van der Waals surface area (Å²) in [6, 6.07) is 1.01. The van der Waals surface area contributed by atoms with E-state index in [9.17, 15) is 4.79 Å². The minimum absolute atomic E-state index is 0.156. The normalized spacial score (nSPS) is 28.2. The highest BCUT2D eigenvalue weighted by Gasteiger charge is 2.33. The van der Waals surface area contributed by atoms with E-state index in [1.54, 1.807) is 0 Å². The van der Waals surface area contributed by atoms with Gasteiger partial charge >= 0.3 is 0 Å². The Morgan fingerprint density at radius 1 is 1.40 bits per heavy atom. The third kappa shape index (κ3) is 0.814. The van der Waals surface area contributed by atoms with Gasteiger partial charge in [0.2, 0.25) is 5.91 Å². The van der Waals surface area contributed by atoms with Gasteiger partial charge in [0.25, 0.3) is 0 Å². The van der Waals surface area contributed by atoms with E-state index >= 15 is 0 Å². The summed E-state index contributed by atoms with van der Waals surface area (Å²) < 4.78 is 0. The fourth-order valence-electron chi connectivity index (χ4n) is 1.64. The Hall–Kier alpha value is -0.570. The molecule has 2 saturated heterocycles. The van der Waals surface area contributed by atoms with Crippen molar-refractivity contribution < 1.29 is 4.79 Å². The molecular weight excluding hydrogens is 128 g/mol. The SMILES string of the molecule is O=C1NCCN2CCC[C]12. The average Bonchev–Trinajstić information content (AvgIpc) is 2.36. The van der Waals surface area contributed by atoms with Crippen LogP contribution >= 0.6 is 0 Å². The van der Waals surface area contributed by atoms with E-state index in [4.69, 9.17) is 0 Å². The van der Waals surface area contributed by atoms with Crippen LogP contribution in [0.15, 0.2) is 0 Å². The Balaban J connectivity index is 2.10. The lowest BCUT2D eigenvalue weighted by Gasteiger charge is -2.27. The van der Waals surface area contributed by atoms with E-state index in [0.29, 0.717) is 0 Å². The minimum Gasteiger partial charge on any atom is -0.353 e. The highest BCUT2D eigenvalue weighted by Crippen LogP contribution is 2.24. The molecular formula is C7H11N2O. The number of fused-ring (bicyclic) bond motifs is 1. The molecule has 0 spiro atoms. The van der Waals surface area contributed by atoms with Gasteiger partial charge in [-0.15, -0.1) is 0 Å². The topological polar surface area (TPSA) is 32.3 Å². The van der Waals surface area contributed by atoms with Crippen LogP contribution in [0.5, 0.6) is 0 Å². The molecule has 2 aliphatic rings. The summed E-state index contributed by atoms with van der Waals surface area (Å²) in [7, 11) is 0. The minimum atomic E-state index is 0.156. The van der Waals surface area contributed by atoms with Crippen molar-refractivity contribution in [1.82, 2.24) is 10.2 Å². The number of nitrogens with zero attached hydrogens (tertiary/aromatic N) is 1. The zero-order valence-corrected chi connectivity index (χ0v) is 5.89. The van der Waals surface area contributed by atoms with Gasteiger partial charge in [-0.05, 0) is 19.4 Å². The third-order valence-corrected chi connectivity index (χ3v) is 2.15. The van der Waals surface area contributed by atoms with Gasteiger partial charge in [-0.1, -0.05) is 0 Å². The predicted molar refractivity (Wildman–Crippen MR) is 37.1 cm³/mol. The third-order valence-electron chi connectivity index (χ3n) is 2.15. The van der Waals surface area contributed by atoms with Gasteiger partial charge < -0.3 is 5.32 Å². The number of rotatable bonds is 0. The van der Waals surface area contributed by atoms with Crippen molar-refractivity contribution in [2.75, 3.05) is 19.6 Å². The first-order valence-electron chi connectivity index (χ1n) is 3.77. The van der Waals surface area contributed by atoms with E-state index in [1.165, 1.54) is 0 Å². The molecule has 2 fully saturated rings. The number of nitrogens with one attached hydrogen (secondary N) is 1. The van der Waals surface area contributed by atoms with Crippen LogP contribution in [-0.2, 0) is 4.79 Å². The van der Waals surface area contributed by atoms with E-state index < -0.39 is 0 Å². The Morgan fingerprint density at radius 2 is 2.30 bits per heavy atom. The average molecular weight is 139 g/mol. The molecule has 2 heterocycles. The lowest BCUT2D eigenvalue weighted by molar-refractivity contribution is -0.122. The van der Waals surface area contributed by atoms with Crippen molar-refractivity contribution in [3.63, 3.8) is 0 Å². The zero-order valence-electron chi connectivity index (χ0n) is 5.89. The monoisotopic (exact) mass is 139 g/mol. The van der Waals surface area contributed by atoms with Crippen molar-refractivity contribution in [1.29, 1.82) is 0 Å². The molecule has 1 radical (unpaired) electrons. The molecule has 55 valence electrons. The van der Waals surface area contributed by atoms with E-state index in [2.05, 4.69) is 10.2 Å². The highest BCUT2D eigenvalue weighted by atomic mass is 16.2. The molecule has 3 heteroatoms. The first-order valence-corrected chi connectivity index (χ1v) is 3.77. The second kappa shape index (κ2) is 2.23. The molecule has 0 aromatic heterocycles. The second-order valence-electron chi connectivity index (χ2n) is 2.79. The summed E-state index contributed by atoms with van der Waals surface area (Å²) in [5, 5.41) is 2.84. The lowest BCUT2D eigenvalue weighted by Crippen LogP contribution is -2.47. The standard InChI is InChI=1S/C7H11N2O/c10-7-6-2-1-4-9(6)5-3-8-7/h1-5H2,(H,8,10). The molecule has 0 saturated carbocycles. The predicted octanol–water partition coefficient (Wildman–Crippen LogP) is -0.256. The molecule has 0 aromatic carbocycles. The van der Waals surface area contributed by atoms with Crippen LogP contribution in [0.25, 0.3) is 0 Å². The first-order chi connectivity index (χ1) is 4.88. The molecule has 10 heavy (non-hydrogen) atoms. The highest BCUT2D eigenvalue weighted by molar-refractivity contribution is 5.90. The maximum absolute atomic E-state index is 11.1. The molecule has 0 bridgehead atoms. The van der Waals surface area contributed by atoms with Gasteiger partial charge in [-0.3, -0.25) is 9.69 Å². The molecule has 0 aromatic rings. The Labute approximate surface area is 60.4 Å². The summed E-state index contributed by atoms with van der Waals surface area (Å²) in [6.07, 6.45) is 2.13. The zero-order chi connectivity index (χ0) is 6.97. The summed E-state index contributed by atoms with van der Waals surface area (Å²) in [5.74, 6) is 0.156. The van der Waals surface area contributed by atoms with Gasteiger partial charge in [0, 0.05) is 13.1 Å². The fraction of sp³-hybridized carbons (Fsp3) is 0.714. The van der Waals surface area contributed by atoms with Crippen LogP contribution < -0.4 is 5.32 Å². The first kappa shape index (κ1) is 6.16.